The molecule has 1 fully saturated rings. The van der Waals surface area contributed by atoms with E-state index in [9.17, 15) is 14.4 Å². The van der Waals surface area contributed by atoms with Gasteiger partial charge in [-0.05, 0) is 25.2 Å². The Morgan fingerprint density at radius 2 is 1.79 bits per heavy atom. The summed E-state index contributed by atoms with van der Waals surface area (Å²) in [6.07, 6.45) is 2.60. The van der Waals surface area contributed by atoms with Gasteiger partial charge in [0.1, 0.15) is 6.04 Å². The molecule has 0 N–H and O–H groups in total. The minimum atomic E-state index is -0.502. The van der Waals surface area contributed by atoms with Crippen LogP contribution in [0.25, 0.3) is 0 Å². The number of hydrogen-bond acceptors (Lipinski definition) is 3. The molecule has 5 nitrogen and oxygen atoms in total. The van der Waals surface area contributed by atoms with Gasteiger partial charge in [0.25, 0.3) is 0 Å². The fourth-order valence-corrected chi connectivity index (χ4v) is 3.27. The van der Waals surface area contributed by atoms with Gasteiger partial charge in [0.05, 0.1) is 6.04 Å². The molecular weight excluding hydrogens is 304 g/mol. The van der Waals surface area contributed by atoms with Crippen molar-refractivity contribution in [3.05, 3.63) is 0 Å². The fraction of sp³-hybridized carbons (Fsp3) is 0.842. The van der Waals surface area contributed by atoms with Gasteiger partial charge < -0.3 is 9.80 Å². The minimum absolute atomic E-state index is 0.00831. The Morgan fingerprint density at radius 1 is 1.21 bits per heavy atom. The van der Waals surface area contributed by atoms with Gasteiger partial charge in [-0.25, -0.2) is 0 Å². The van der Waals surface area contributed by atoms with E-state index in [-0.39, 0.29) is 17.6 Å². The lowest BCUT2D eigenvalue weighted by Gasteiger charge is -2.35. The highest BCUT2D eigenvalue weighted by atomic mass is 16.2. The van der Waals surface area contributed by atoms with E-state index in [2.05, 4.69) is 13.8 Å². The predicted octanol–water partition coefficient (Wildman–Crippen LogP) is 2.88. The molecule has 0 aromatic heterocycles. The molecule has 0 saturated carbocycles. The average Bonchev–Trinajstić information content (AvgIpc) is 2.97. The molecule has 2 atom stereocenters. The highest BCUT2D eigenvalue weighted by Crippen LogP contribution is 2.27. The first-order chi connectivity index (χ1) is 11.0. The summed E-state index contributed by atoms with van der Waals surface area (Å²) in [6.45, 7) is 12.2. The normalized spacial score (nSPS) is 19.5. The molecular formula is C19H34N2O3. The van der Waals surface area contributed by atoms with Gasteiger partial charge in [-0.15, -0.1) is 0 Å². The molecule has 1 unspecified atom stereocenters. The molecule has 1 aliphatic heterocycles. The van der Waals surface area contributed by atoms with Crippen LogP contribution in [0.15, 0.2) is 0 Å². The van der Waals surface area contributed by atoms with Crippen LogP contribution in [-0.4, -0.2) is 53.1 Å². The van der Waals surface area contributed by atoms with Crippen molar-refractivity contribution in [2.75, 3.05) is 13.6 Å². The van der Waals surface area contributed by atoms with Crippen LogP contribution in [0.3, 0.4) is 0 Å². The van der Waals surface area contributed by atoms with E-state index >= 15 is 0 Å². The third-order valence-corrected chi connectivity index (χ3v) is 4.67. The lowest BCUT2D eigenvalue weighted by molar-refractivity contribution is -0.150. The maximum Gasteiger partial charge on any atom is 0.245 e. The Kier molecular flexibility index (Phi) is 6.99. The van der Waals surface area contributed by atoms with Gasteiger partial charge in [-0.1, -0.05) is 41.5 Å². The van der Waals surface area contributed by atoms with Gasteiger partial charge in [0, 0.05) is 25.4 Å². The SMILES string of the molecule is CCC(=O)[C@@H](CC(C)C)N(C)C(=O)C1CCCN1C(=O)C(C)(C)C. The van der Waals surface area contributed by atoms with Crippen LogP contribution in [0.1, 0.15) is 67.2 Å². The number of ketones is 1. The van der Waals surface area contributed by atoms with Crippen molar-refractivity contribution >= 4 is 17.6 Å². The predicted molar refractivity (Wildman–Crippen MR) is 95.5 cm³/mol. The molecule has 0 aliphatic carbocycles. The second-order valence-electron chi connectivity index (χ2n) is 8.32. The molecule has 5 heteroatoms. The Labute approximate surface area is 146 Å². The lowest BCUT2D eigenvalue weighted by atomic mass is 9.94. The first kappa shape index (κ1) is 20.7. The van der Waals surface area contributed by atoms with Crippen molar-refractivity contribution < 1.29 is 14.4 Å². The summed E-state index contributed by atoms with van der Waals surface area (Å²) in [4.78, 5) is 41.2. The fourth-order valence-electron chi connectivity index (χ4n) is 3.27. The molecule has 1 heterocycles. The molecule has 0 aromatic carbocycles. The molecule has 2 amide bonds. The number of carbonyl (C=O) groups excluding carboxylic acids is 3. The number of likely N-dealkylation sites (N-methyl/N-ethyl adjacent to an activating group) is 1. The summed E-state index contributed by atoms with van der Waals surface area (Å²) in [5.41, 5.74) is -0.502. The van der Waals surface area contributed by atoms with Gasteiger partial charge in [-0.3, -0.25) is 14.4 Å². The molecule has 24 heavy (non-hydrogen) atoms. The van der Waals surface area contributed by atoms with Crippen molar-refractivity contribution in [2.24, 2.45) is 11.3 Å². The number of likely N-dealkylation sites (tertiary alicyclic amines) is 1. The number of Topliss-reactive ketones (excluding diaryl/α,β-unsaturated/α-hetero) is 1. The highest BCUT2D eigenvalue weighted by Gasteiger charge is 2.41. The number of hydrogen-bond donors (Lipinski definition) is 0. The van der Waals surface area contributed by atoms with Gasteiger partial charge in [0.2, 0.25) is 11.8 Å². The Bertz CT molecular complexity index is 479. The van der Waals surface area contributed by atoms with Gasteiger partial charge in [-0.2, -0.15) is 0 Å². The van der Waals surface area contributed by atoms with E-state index in [0.717, 1.165) is 6.42 Å². The van der Waals surface area contributed by atoms with Crippen LogP contribution in [-0.2, 0) is 14.4 Å². The molecule has 0 bridgehead atoms. The summed E-state index contributed by atoms with van der Waals surface area (Å²) in [5.74, 6) is 0.328. The number of nitrogens with zero attached hydrogens (tertiary/aromatic N) is 2. The van der Waals surface area contributed by atoms with E-state index < -0.39 is 17.5 Å². The largest absolute Gasteiger partial charge is 0.334 e. The maximum atomic E-state index is 13.0. The van der Waals surface area contributed by atoms with E-state index in [4.69, 9.17) is 0 Å². The quantitative estimate of drug-likeness (QED) is 0.748. The molecule has 1 rings (SSSR count). The standard InChI is InChI=1S/C19H34N2O3/c1-8-16(22)15(12-13(2)3)20(7)17(23)14-10-9-11-21(14)18(24)19(4,5)6/h13-15H,8-12H2,1-7H3/t14?,15-/m1/s1. The molecule has 0 aromatic rings. The van der Waals surface area contributed by atoms with Crippen molar-refractivity contribution in [2.45, 2.75) is 79.3 Å². The van der Waals surface area contributed by atoms with Crippen molar-refractivity contribution in [3.63, 3.8) is 0 Å². The summed E-state index contributed by atoms with van der Waals surface area (Å²) in [6, 6.07) is -0.823. The van der Waals surface area contributed by atoms with Crippen LogP contribution in [0.5, 0.6) is 0 Å². The van der Waals surface area contributed by atoms with Crippen molar-refractivity contribution in [3.8, 4) is 0 Å². The first-order valence-electron chi connectivity index (χ1n) is 9.11. The molecule has 0 radical (unpaired) electrons. The topological polar surface area (TPSA) is 57.7 Å². The zero-order valence-corrected chi connectivity index (χ0v) is 16.4. The van der Waals surface area contributed by atoms with Crippen LogP contribution in [0.4, 0.5) is 0 Å². The summed E-state index contributed by atoms with van der Waals surface area (Å²) >= 11 is 0. The van der Waals surface area contributed by atoms with E-state index in [0.29, 0.717) is 31.7 Å². The van der Waals surface area contributed by atoms with Gasteiger partial charge in [0.15, 0.2) is 5.78 Å². The summed E-state index contributed by atoms with van der Waals surface area (Å²) < 4.78 is 0. The smallest absolute Gasteiger partial charge is 0.245 e. The maximum absolute atomic E-state index is 13.0. The first-order valence-corrected chi connectivity index (χ1v) is 9.11. The second-order valence-corrected chi connectivity index (χ2v) is 8.32. The van der Waals surface area contributed by atoms with Gasteiger partial charge >= 0.3 is 0 Å². The molecule has 1 saturated heterocycles. The van der Waals surface area contributed by atoms with E-state index in [1.54, 1.807) is 16.8 Å². The Morgan fingerprint density at radius 3 is 2.25 bits per heavy atom. The minimum Gasteiger partial charge on any atom is -0.334 e. The van der Waals surface area contributed by atoms with Crippen LogP contribution in [0.2, 0.25) is 0 Å². The second kappa shape index (κ2) is 8.13. The summed E-state index contributed by atoms with van der Waals surface area (Å²) in [7, 11) is 1.71. The van der Waals surface area contributed by atoms with E-state index in [1.165, 1.54) is 0 Å². The molecule has 1 aliphatic rings. The number of rotatable bonds is 6. The zero-order valence-electron chi connectivity index (χ0n) is 16.4. The summed E-state index contributed by atoms with van der Waals surface area (Å²) in [5, 5.41) is 0. The van der Waals surface area contributed by atoms with Crippen LogP contribution in [0, 0.1) is 11.3 Å². The van der Waals surface area contributed by atoms with E-state index in [1.807, 2.05) is 27.7 Å². The Balaban J connectivity index is 2.96. The monoisotopic (exact) mass is 338 g/mol. The average molecular weight is 338 g/mol. The molecule has 0 spiro atoms. The van der Waals surface area contributed by atoms with Crippen molar-refractivity contribution in [1.82, 2.24) is 9.80 Å². The van der Waals surface area contributed by atoms with Crippen LogP contribution >= 0.6 is 0 Å². The van der Waals surface area contributed by atoms with Crippen molar-refractivity contribution in [1.29, 1.82) is 0 Å². The lowest BCUT2D eigenvalue weighted by Crippen LogP contribution is -2.53. The van der Waals surface area contributed by atoms with Crippen LogP contribution < -0.4 is 0 Å². The third-order valence-electron chi connectivity index (χ3n) is 4.67. The molecule has 138 valence electrons. The highest BCUT2D eigenvalue weighted by molar-refractivity contribution is 5.93. The zero-order chi connectivity index (χ0) is 18.7. The number of amides is 2. The third kappa shape index (κ3) is 4.81. The Hall–Kier alpha value is -1.39. The number of carbonyl (C=O) groups is 3.